The van der Waals surface area contributed by atoms with Crippen LogP contribution in [0.1, 0.15) is 12.0 Å². The van der Waals surface area contributed by atoms with Gasteiger partial charge in [-0.25, -0.2) is 5.48 Å². The molecule has 0 saturated heterocycles. The fourth-order valence-electron chi connectivity index (χ4n) is 1.92. The minimum Gasteiger partial charge on any atom is -0.493 e. The second kappa shape index (κ2) is 7.69. The number of rotatable bonds is 4. The SMILES string of the molecule is CSc1ccc2c(c1)C=C(C(=O)N=C(N)NOS(C)(=O)=O)CCO2. The third-order valence-corrected chi connectivity index (χ3v) is 4.08. The van der Waals surface area contributed by atoms with E-state index >= 15 is 0 Å². The summed E-state index contributed by atoms with van der Waals surface area (Å²) in [7, 11) is -3.75. The predicted molar refractivity (Wildman–Crippen MR) is 92.0 cm³/mol. The van der Waals surface area contributed by atoms with Crippen molar-refractivity contribution < 1.29 is 22.2 Å². The van der Waals surface area contributed by atoms with Crippen LogP contribution in [0.5, 0.6) is 5.75 Å². The Labute approximate surface area is 144 Å². The maximum Gasteiger partial charge on any atom is 0.285 e. The molecule has 2 rings (SSSR count). The van der Waals surface area contributed by atoms with Crippen molar-refractivity contribution >= 4 is 39.8 Å². The van der Waals surface area contributed by atoms with Gasteiger partial charge in [-0.2, -0.15) is 13.4 Å². The molecule has 130 valence electrons. The van der Waals surface area contributed by atoms with Crippen molar-refractivity contribution in [3.05, 3.63) is 29.3 Å². The molecular formula is C14H17N3O5S2. The molecule has 0 unspecified atom stereocenters. The molecule has 0 fully saturated rings. The van der Waals surface area contributed by atoms with Gasteiger partial charge in [0.25, 0.3) is 16.0 Å². The lowest BCUT2D eigenvalue weighted by Gasteiger charge is -2.06. The molecular weight excluding hydrogens is 354 g/mol. The average Bonchev–Trinajstić information content (AvgIpc) is 2.73. The summed E-state index contributed by atoms with van der Waals surface area (Å²) >= 11 is 1.58. The van der Waals surface area contributed by atoms with Crippen LogP contribution in [0.3, 0.4) is 0 Å². The van der Waals surface area contributed by atoms with Crippen LogP contribution in [-0.2, 0) is 19.2 Å². The molecule has 10 heteroatoms. The molecule has 1 aromatic carbocycles. The third kappa shape index (κ3) is 5.25. The highest BCUT2D eigenvalue weighted by molar-refractivity contribution is 7.98. The van der Waals surface area contributed by atoms with Crippen LogP contribution in [-0.4, -0.2) is 39.4 Å². The van der Waals surface area contributed by atoms with Crippen molar-refractivity contribution in [1.82, 2.24) is 5.48 Å². The topological polar surface area (TPSA) is 120 Å². The van der Waals surface area contributed by atoms with Crippen LogP contribution in [0.2, 0.25) is 0 Å². The number of hydrogen-bond acceptors (Lipinski definition) is 6. The number of carbonyl (C=O) groups excluding carboxylic acids is 1. The average molecular weight is 371 g/mol. The number of benzene rings is 1. The third-order valence-electron chi connectivity index (χ3n) is 2.97. The van der Waals surface area contributed by atoms with E-state index < -0.39 is 22.0 Å². The number of aliphatic imine (C=N–C) groups is 1. The largest absolute Gasteiger partial charge is 0.493 e. The van der Waals surface area contributed by atoms with Crippen LogP contribution in [0.4, 0.5) is 0 Å². The molecule has 1 aliphatic rings. The summed E-state index contributed by atoms with van der Waals surface area (Å²) < 4.78 is 31.6. The summed E-state index contributed by atoms with van der Waals surface area (Å²) in [6.45, 7) is 0.325. The smallest absolute Gasteiger partial charge is 0.285 e. The molecule has 1 aliphatic heterocycles. The van der Waals surface area contributed by atoms with Crippen LogP contribution in [0.15, 0.2) is 33.7 Å². The number of fused-ring (bicyclic) bond motifs is 1. The van der Waals surface area contributed by atoms with Crippen LogP contribution >= 0.6 is 11.8 Å². The van der Waals surface area contributed by atoms with Gasteiger partial charge in [-0.05, 0) is 30.5 Å². The minimum absolute atomic E-state index is 0.325. The van der Waals surface area contributed by atoms with Crippen LogP contribution < -0.4 is 16.0 Å². The Hall–Kier alpha value is -2.04. The lowest BCUT2D eigenvalue weighted by atomic mass is 10.1. The summed E-state index contributed by atoms with van der Waals surface area (Å²) in [5, 5.41) is 0. The molecule has 1 heterocycles. The second-order valence-electron chi connectivity index (χ2n) is 4.86. The zero-order chi connectivity index (χ0) is 17.7. The van der Waals surface area contributed by atoms with E-state index in [9.17, 15) is 13.2 Å². The predicted octanol–water partition coefficient (Wildman–Crippen LogP) is 0.897. The summed E-state index contributed by atoms with van der Waals surface area (Å²) in [5.74, 6) is -0.358. The molecule has 1 aromatic rings. The number of carbonyl (C=O) groups is 1. The monoisotopic (exact) mass is 371 g/mol. The molecule has 1 amide bonds. The molecule has 8 nitrogen and oxygen atoms in total. The fourth-order valence-corrected chi connectivity index (χ4v) is 2.61. The van der Waals surface area contributed by atoms with E-state index in [0.717, 1.165) is 16.7 Å². The zero-order valence-electron chi connectivity index (χ0n) is 13.1. The number of hydroxylamine groups is 1. The first-order valence-electron chi connectivity index (χ1n) is 6.83. The van der Waals surface area contributed by atoms with Gasteiger partial charge >= 0.3 is 0 Å². The summed E-state index contributed by atoms with van der Waals surface area (Å²) in [6.07, 6.45) is 4.83. The number of nitrogens with zero attached hydrogens (tertiary/aromatic N) is 1. The highest BCUT2D eigenvalue weighted by Crippen LogP contribution is 2.30. The molecule has 0 aliphatic carbocycles. The Kier molecular flexibility index (Phi) is 5.86. The standard InChI is InChI=1S/C14H17N3O5S2/c1-23-11-3-4-12-10(8-11)7-9(5-6-21-12)13(18)16-14(15)17-22-24(2,19)20/h3-4,7-8H,5-6H2,1-2H3,(H3,15,16,17,18). The minimum atomic E-state index is -3.75. The second-order valence-corrected chi connectivity index (χ2v) is 7.32. The Bertz CT molecular complexity index is 803. The Morgan fingerprint density at radius 1 is 1.46 bits per heavy atom. The summed E-state index contributed by atoms with van der Waals surface area (Å²) in [5.41, 5.74) is 8.51. The molecule has 0 radical (unpaired) electrons. The van der Waals surface area contributed by atoms with E-state index in [-0.39, 0.29) is 0 Å². The first-order chi connectivity index (χ1) is 11.3. The molecule has 0 bridgehead atoms. The lowest BCUT2D eigenvalue weighted by molar-refractivity contribution is -0.114. The molecule has 0 atom stereocenters. The van der Waals surface area contributed by atoms with Gasteiger partial charge in [0, 0.05) is 22.5 Å². The number of nitrogens with one attached hydrogen (secondary N) is 1. The van der Waals surface area contributed by atoms with Gasteiger partial charge < -0.3 is 10.5 Å². The van der Waals surface area contributed by atoms with E-state index in [1.165, 1.54) is 0 Å². The Morgan fingerprint density at radius 3 is 2.88 bits per heavy atom. The van der Waals surface area contributed by atoms with E-state index in [2.05, 4.69) is 9.28 Å². The number of hydrogen-bond donors (Lipinski definition) is 2. The van der Waals surface area contributed by atoms with Gasteiger partial charge in [-0.1, -0.05) is 0 Å². The molecule has 0 spiro atoms. The molecule has 0 aromatic heterocycles. The van der Waals surface area contributed by atoms with Gasteiger partial charge in [0.1, 0.15) is 5.75 Å². The van der Waals surface area contributed by atoms with Crippen LogP contribution in [0.25, 0.3) is 6.08 Å². The van der Waals surface area contributed by atoms with Crippen molar-refractivity contribution in [3.63, 3.8) is 0 Å². The van der Waals surface area contributed by atoms with Crippen LogP contribution in [0, 0.1) is 0 Å². The van der Waals surface area contributed by atoms with Gasteiger partial charge in [0.15, 0.2) is 0 Å². The van der Waals surface area contributed by atoms with Crippen molar-refractivity contribution in [1.29, 1.82) is 0 Å². The number of thioether (sulfide) groups is 1. The number of guanidine groups is 1. The van der Waals surface area contributed by atoms with Gasteiger partial charge in [0.05, 0.1) is 12.9 Å². The van der Waals surface area contributed by atoms with Crippen molar-refractivity contribution in [2.24, 2.45) is 10.7 Å². The normalized spacial score (nSPS) is 14.9. The maximum atomic E-state index is 12.2. The lowest BCUT2D eigenvalue weighted by Crippen LogP contribution is -2.34. The van der Waals surface area contributed by atoms with Crippen molar-refractivity contribution in [2.75, 3.05) is 19.1 Å². The number of nitrogens with two attached hydrogens (primary N) is 1. The first kappa shape index (κ1) is 18.3. The quantitative estimate of drug-likeness (QED) is 0.347. The maximum absolute atomic E-state index is 12.2. The summed E-state index contributed by atoms with van der Waals surface area (Å²) in [6, 6.07) is 5.70. The van der Waals surface area contributed by atoms with Gasteiger partial charge in [-0.15, -0.1) is 16.0 Å². The Balaban J connectivity index is 2.20. The van der Waals surface area contributed by atoms with E-state index in [0.29, 0.717) is 24.4 Å². The molecule has 0 saturated carbocycles. The summed E-state index contributed by atoms with van der Waals surface area (Å²) in [4.78, 5) is 16.8. The zero-order valence-corrected chi connectivity index (χ0v) is 14.7. The van der Waals surface area contributed by atoms with E-state index in [4.69, 9.17) is 10.5 Å². The van der Waals surface area contributed by atoms with Gasteiger partial charge in [0.2, 0.25) is 5.96 Å². The number of amides is 1. The molecule has 24 heavy (non-hydrogen) atoms. The van der Waals surface area contributed by atoms with Crippen molar-refractivity contribution in [2.45, 2.75) is 11.3 Å². The Morgan fingerprint density at radius 2 is 2.21 bits per heavy atom. The van der Waals surface area contributed by atoms with E-state index in [1.54, 1.807) is 17.8 Å². The van der Waals surface area contributed by atoms with Gasteiger partial charge in [-0.3, -0.25) is 4.79 Å². The first-order valence-corrected chi connectivity index (χ1v) is 9.87. The highest BCUT2D eigenvalue weighted by atomic mass is 32.2. The number of ether oxygens (including phenoxy) is 1. The van der Waals surface area contributed by atoms with Crippen molar-refractivity contribution in [3.8, 4) is 5.75 Å². The van der Waals surface area contributed by atoms with E-state index in [1.807, 2.05) is 29.9 Å². The highest BCUT2D eigenvalue weighted by Gasteiger charge is 2.16. The fraction of sp³-hybridized carbons (Fsp3) is 0.286. The molecule has 3 N–H and O–H groups in total.